The molecule has 0 radical (unpaired) electrons. The van der Waals surface area contributed by atoms with Gasteiger partial charge in [0.2, 0.25) is 5.91 Å². The SMILES string of the molecule is Cc1ccc(-c2nc(C(N)=O)c3c(n2)N(c2cccc(C(=O)NCCCCN=[N+]=[N-])c2)C(=O)C3)cc1. The van der Waals surface area contributed by atoms with E-state index in [1.165, 1.54) is 4.90 Å². The highest BCUT2D eigenvalue weighted by Crippen LogP contribution is 2.37. The van der Waals surface area contributed by atoms with Gasteiger partial charge in [-0.15, -0.1) is 0 Å². The molecule has 1 aliphatic heterocycles. The first-order valence-corrected chi connectivity index (χ1v) is 11.4. The lowest BCUT2D eigenvalue weighted by molar-refractivity contribution is -0.116. The minimum atomic E-state index is -0.745. The molecule has 4 rings (SSSR count). The van der Waals surface area contributed by atoms with Crippen molar-refractivity contribution in [1.82, 2.24) is 15.3 Å². The summed E-state index contributed by atoms with van der Waals surface area (Å²) in [4.78, 5) is 51.0. The molecule has 3 amide bonds. The van der Waals surface area contributed by atoms with E-state index in [9.17, 15) is 14.4 Å². The van der Waals surface area contributed by atoms with Crippen molar-refractivity contribution in [3.05, 3.63) is 81.4 Å². The molecule has 1 aliphatic rings. The third-order valence-electron chi connectivity index (χ3n) is 5.72. The first-order chi connectivity index (χ1) is 17.4. The fourth-order valence-corrected chi connectivity index (χ4v) is 3.91. The van der Waals surface area contributed by atoms with Crippen LogP contribution in [-0.2, 0) is 11.2 Å². The van der Waals surface area contributed by atoms with E-state index in [2.05, 4.69) is 25.3 Å². The van der Waals surface area contributed by atoms with E-state index in [-0.39, 0.29) is 35.6 Å². The Labute approximate surface area is 207 Å². The smallest absolute Gasteiger partial charge is 0.267 e. The quantitative estimate of drug-likeness (QED) is 0.204. The van der Waals surface area contributed by atoms with Gasteiger partial charge in [-0.1, -0.05) is 41.0 Å². The van der Waals surface area contributed by atoms with Crippen LogP contribution in [0.3, 0.4) is 0 Å². The van der Waals surface area contributed by atoms with Crippen LogP contribution >= 0.6 is 0 Å². The van der Waals surface area contributed by atoms with Gasteiger partial charge in [0.25, 0.3) is 11.8 Å². The zero-order valence-corrected chi connectivity index (χ0v) is 19.6. The van der Waals surface area contributed by atoms with E-state index >= 15 is 0 Å². The fraction of sp³-hybridized carbons (Fsp3) is 0.240. The second-order valence-corrected chi connectivity index (χ2v) is 8.30. The molecule has 0 saturated carbocycles. The lowest BCUT2D eigenvalue weighted by Gasteiger charge is -2.18. The van der Waals surface area contributed by atoms with Crippen molar-refractivity contribution in [2.24, 2.45) is 10.8 Å². The van der Waals surface area contributed by atoms with Gasteiger partial charge in [-0.3, -0.25) is 19.3 Å². The molecule has 182 valence electrons. The normalized spacial score (nSPS) is 12.1. The van der Waals surface area contributed by atoms with Crippen molar-refractivity contribution in [2.75, 3.05) is 18.0 Å². The number of azide groups is 1. The Hall–Kier alpha value is -4.76. The number of nitrogens with zero attached hydrogens (tertiary/aromatic N) is 6. The number of hydrogen-bond acceptors (Lipinski definition) is 6. The molecule has 0 fully saturated rings. The molecular formula is C25H24N8O3. The number of hydrogen-bond donors (Lipinski definition) is 2. The average Bonchev–Trinajstić information content (AvgIpc) is 3.21. The summed E-state index contributed by atoms with van der Waals surface area (Å²) in [6.07, 6.45) is 1.25. The Morgan fingerprint density at radius 1 is 1.17 bits per heavy atom. The van der Waals surface area contributed by atoms with Crippen LogP contribution in [0, 0.1) is 6.92 Å². The topological polar surface area (TPSA) is 167 Å². The van der Waals surface area contributed by atoms with Crippen molar-refractivity contribution in [3.63, 3.8) is 0 Å². The number of rotatable bonds is 9. The average molecular weight is 485 g/mol. The molecule has 11 heteroatoms. The van der Waals surface area contributed by atoms with Gasteiger partial charge in [0.05, 0.1) is 12.1 Å². The number of aryl methyl sites for hydroxylation is 1. The van der Waals surface area contributed by atoms with Crippen LogP contribution in [0.2, 0.25) is 0 Å². The molecule has 0 atom stereocenters. The molecule has 1 aromatic heterocycles. The van der Waals surface area contributed by atoms with E-state index in [0.717, 1.165) is 5.56 Å². The summed E-state index contributed by atoms with van der Waals surface area (Å²) in [6, 6.07) is 14.1. The Balaban J connectivity index is 1.64. The molecule has 2 aromatic carbocycles. The summed E-state index contributed by atoms with van der Waals surface area (Å²) in [5.74, 6) is -0.802. The van der Waals surface area contributed by atoms with Crippen LogP contribution in [0.25, 0.3) is 21.8 Å². The van der Waals surface area contributed by atoms with E-state index in [0.29, 0.717) is 48.3 Å². The van der Waals surface area contributed by atoms with Crippen LogP contribution in [0.4, 0.5) is 11.5 Å². The highest BCUT2D eigenvalue weighted by Gasteiger charge is 2.35. The first-order valence-electron chi connectivity index (χ1n) is 11.4. The highest BCUT2D eigenvalue weighted by molar-refractivity contribution is 6.10. The summed E-state index contributed by atoms with van der Waals surface area (Å²) in [7, 11) is 0. The molecule has 2 heterocycles. The lowest BCUT2D eigenvalue weighted by Crippen LogP contribution is -2.26. The van der Waals surface area contributed by atoms with Gasteiger partial charge in [-0.2, -0.15) is 0 Å². The third-order valence-corrected chi connectivity index (χ3v) is 5.72. The maximum atomic E-state index is 13.0. The summed E-state index contributed by atoms with van der Waals surface area (Å²) in [6.45, 7) is 2.75. The van der Waals surface area contributed by atoms with Crippen LogP contribution in [0.5, 0.6) is 0 Å². The number of carbonyl (C=O) groups excluding carboxylic acids is 3. The number of amides is 3. The molecular weight excluding hydrogens is 460 g/mol. The van der Waals surface area contributed by atoms with Crippen molar-refractivity contribution in [2.45, 2.75) is 26.2 Å². The zero-order chi connectivity index (χ0) is 25.7. The number of aromatic nitrogens is 2. The van der Waals surface area contributed by atoms with Gasteiger partial charge in [0.1, 0.15) is 11.5 Å². The maximum absolute atomic E-state index is 13.0. The van der Waals surface area contributed by atoms with Gasteiger partial charge < -0.3 is 11.1 Å². The van der Waals surface area contributed by atoms with Crippen LogP contribution in [0.1, 0.15) is 44.8 Å². The standard InChI is InChI=1S/C25H24N8O3/c1-15-7-9-16(10-8-15)23-30-21(22(26)35)19-14-20(34)33(24(19)31-23)18-6-4-5-17(13-18)25(36)28-11-2-3-12-29-32-27/h4-10,13H,2-3,11-12,14H2,1H3,(H2,26,35)(H,28,36). The van der Waals surface area contributed by atoms with Crippen LogP contribution in [-0.4, -0.2) is 40.8 Å². The predicted octanol–water partition coefficient (Wildman–Crippen LogP) is 3.59. The fourth-order valence-electron chi connectivity index (χ4n) is 3.91. The second kappa shape index (κ2) is 10.7. The van der Waals surface area contributed by atoms with Crippen molar-refractivity contribution >= 4 is 29.2 Å². The molecule has 0 spiro atoms. The monoisotopic (exact) mass is 484 g/mol. The number of benzene rings is 2. The van der Waals surface area contributed by atoms with Gasteiger partial charge in [-0.25, -0.2) is 9.97 Å². The second-order valence-electron chi connectivity index (χ2n) is 8.30. The number of anilines is 2. The highest BCUT2D eigenvalue weighted by atomic mass is 16.2. The summed E-state index contributed by atoms with van der Waals surface area (Å²) in [5, 5.41) is 6.28. The number of nitrogens with one attached hydrogen (secondary N) is 1. The lowest BCUT2D eigenvalue weighted by atomic mass is 10.1. The zero-order valence-electron chi connectivity index (χ0n) is 19.6. The van der Waals surface area contributed by atoms with Crippen LogP contribution < -0.4 is 16.0 Å². The Morgan fingerprint density at radius 2 is 1.94 bits per heavy atom. The largest absolute Gasteiger partial charge is 0.364 e. The van der Waals surface area contributed by atoms with Gasteiger partial charge in [0, 0.05) is 34.7 Å². The summed E-state index contributed by atoms with van der Waals surface area (Å²) < 4.78 is 0. The van der Waals surface area contributed by atoms with Crippen molar-refractivity contribution in [3.8, 4) is 11.4 Å². The molecule has 0 unspecified atom stereocenters. The number of primary amides is 1. The number of carbonyl (C=O) groups is 3. The molecule has 3 aromatic rings. The predicted molar refractivity (Wildman–Crippen MR) is 134 cm³/mol. The summed E-state index contributed by atoms with van der Waals surface area (Å²) >= 11 is 0. The van der Waals surface area contributed by atoms with Crippen molar-refractivity contribution in [1.29, 1.82) is 0 Å². The minimum Gasteiger partial charge on any atom is -0.364 e. The summed E-state index contributed by atoms with van der Waals surface area (Å²) in [5.41, 5.74) is 16.8. The third kappa shape index (κ3) is 5.16. The van der Waals surface area contributed by atoms with E-state index in [1.807, 2.05) is 31.2 Å². The number of fused-ring (bicyclic) bond motifs is 1. The van der Waals surface area contributed by atoms with Gasteiger partial charge in [-0.05, 0) is 43.5 Å². The van der Waals surface area contributed by atoms with Gasteiger partial charge >= 0.3 is 0 Å². The van der Waals surface area contributed by atoms with Gasteiger partial charge in [0.15, 0.2) is 5.82 Å². The number of unbranched alkanes of at least 4 members (excludes halogenated alkanes) is 1. The number of nitrogens with two attached hydrogens (primary N) is 1. The molecule has 3 N–H and O–H groups in total. The van der Waals surface area contributed by atoms with Crippen LogP contribution in [0.15, 0.2) is 53.6 Å². The van der Waals surface area contributed by atoms with E-state index in [4.69, 9.17) is 11.3 Å². The Bertz CT molecular complexity index is 1380. The minimum absolute atomic E-state index is 0.000977. The van der Waals surface area contributed by atoms with E-state index < -0.39 is 5.91 Å². The molecule has 0 bridgehead atoms. The Morgan fingerprint density at radius 3 is 2.67 bits per heavy atom. The molecule has 11 nitrogen and oxygen atoms in total. The van der Waals surface area contributed by atoms with E-state index in [1.54, 1.807) is 24.3 Å². The Kier molecular flexibility index (Phi) is 7.22. The molecule has 36 heavy (non-hydrogen) atoms. The first kappa shape index (κ1) is 24.4. The molecule has 0 saturated heterocycles. The maximum Gasteiger partial charge on any atom is 0.267 e. The van der Waals surface area contributed by atoms with Crippen molar-refractivity contribution < 1.29 is 14.4 Å². The molecule has 0 aliphatic carbocycles.